The summed E-state index contributed by atoms with van der Waals surface area (Å²) in [5.41, 5.74) is 7.50. The van der Waals surface area contributed by atoms with Crippen LogP contribution in [0.3, 0.4) is 0 Å². The fraction of sp³-hybridized carbons (Fsp3) is 0.300. The number of nitrogen functional groups attached to an aromatic ring is 1. The van der Waals surface area contributed by atoms with Gasteiger partial charge in [0.2, 0.25) is 0 Å². The minimum atomic E-state index is 0.557. The highest BCUT2D eigenvalue weighted by Gasteiger charge is 2.00. The van der Waals surface area contributed by atoms with Gasteiger partial charge in [0.15, 0.2) is 0 Å². The molecule has 0 aliphatic carbocycles. The number of rotatable bonds is 4. The molecule has 0 radical (unpaired) electrons. The van der Waals surface area contributed by atoms with Crippen LogP contribution in [0, 0.1) is 11.3 Å². The van der Waals surface area contributed by atoms with Crippen molar-refractivity contribution in [2.45, 2.75) is 0 Å². The third-order valence-electron chi connectivity index (χ3n) is 1.79. The third kappa shape index (κ3) is 2.64. The zero-order valence-corrected chi connectivity index (χ0v) is 8.08. The van der Waals surface area contributed by atoms with E-state index in [1.54, 1.807) is 25.3 Å². The van der Waals surface area contributed by atoms with Crippen LogP contribution in [-0.2, 0) is 4.74 Å². The van der Waals surface area contributed by atoms with Crippen LogP contribution in [0.15, 0.2) is 18.2 Å². The standard InChI is InChI=1S/C10H13N3O/c1-14-5-4-13-10-3-2-9(12)6-8(10)7-11/h2-3,6,13H,4-5,12H2,1H3. The Morgan fingerprint density at radius 2 is 2.36 bits per heavy atom. The molecule has 3 N–H and O–H groups in total. The Labute approximate surface area is 83.3 Å². The summed E-state index contributed by atoms with van der Waals surface area (Å²) in [4.78, 5) is 0. The van der Waals surface area contributed by atoms with Gasteiger partial charge in [0.1, 0.15) is 6.07 Å². The van der Waals surface area contributed by atoms with Gasteiger partial charge >= 0.3 is 0 Å². The van der Waals surface area contributed by atoms with Crippen LogP contribution < -0.4 is 11.1 Å². The lowest BCUT2D eigenvalue weighted by Gasteiger charge is -2.07. The van der Waals surface area contributed by atoms with Crippen LogP contribution in [0.4, 0.5) is 11.4 Å². The van der Waals surface area contributed by atoms with E-state index in [1.807, 2.05) is 0 Å². The van der Waals surface area contributed by atoms with E-state index in [9.17, 15) is 0 Å². The molecule has 1 aromatic carbocycles. The molecule has 0 bridgehead atoms. The number of hydrogen-bond acceptors (Lipinski definition) is 4. The highest BCUT2D eigenvalue weighted by molar-refractivity contribution is 5.62. The average Bonchev–Trinajstić information content (AvgIpc) is 2.20. The molecule has 14 heavy (non-hydrogen) atoms. The van der Waals surface area contributed by atoms with E-state index in [2.05, 4.69) is 11.4 Å². The normalized spacial score (nSPS) is 9.43. The van der Waals surface area contributed by atoms with E-state index in [0.29, 0.717) is 24.4 Å². The van der Waals surface area contributed by atoms with E-state index in [0.717, 1.165) is 5.69 Å². The number of nitrogens with one attached hydrogen (secondary N) is 1. The topological polar surface area (TPSA) is 71.1 Å². The maximum atomic E-state index is 8.82. The van der Waals surface area contributed by atoms with Gasteiger partial charge in [-0.3, -0.25) is 0 Å². The van der Waals surface area contributed by atoms with Crippen LogP contribution in [0.2, 0.25) is 0 Å². The lowest BCUT2D eigenvalue weighted by atomic mass is 10.2. The van der Waals surface area contributed by atoms with Gasteiger partial charge in [-0.1, -0.05) is 0 Å². The molecule has 0 aromatic heterocycles. The molecule has 4 nitrogen and oxygen atoms in total. The predicted octanol–water partition coefficient (Wildman–Crippen LogP) is 1.20. The fourth-order valence-corrected chi connectivity index (χ4v) is 1.10. The van der Waals surface area contributed by atoms with Gasteiger partial charge in [0, 0.05) is 19.3 Å². The summed E-state index contributed by atoms with van der Waals surface area (Å²) in [5.74, 6) is 0. The van der Waals surface area contributed by atoms with Crippen molar-refractivity contribution in [1.29, 1.82) is 5.26 Å². The molecule has 0 aliphatic heterocycles. The molecule has 0 atom stereocenters. The molecule has 0 amide bonds. The van der Waals surface area contributed by atoms with Crippen molar-refractivity contribution in [3.63, 3.8) is 0 Å². The molecule has 0 unspecified atom stereocenters. The molecule has 0 spiro atoms. The fourth-order valence-electron chi connectivity index (χ4n) is 1.10. The SMILES string of the molecule is COCCNc1ccc(N)cc1C#N. The summed E-state index contributed by atoms with van der Waals surface area (Å²) in [6, 6.07) is 7.28. The zero-order valence-electron chi connectivity index (χ0n) is 8.08. The van der Waals surface area contributed by atoms with E-state index in [4.69, 9.17) is 15.7 Å². The summed E-state index contributed by atoms with van der Waals surface area (Å²) in [6.45, 7) is 1.28. The second-order valence-corrected chi connectivity index (χ2v) is 2.84. The smallest absolute Gasteiger partial charge is 0.101 e. The van der Waals surface area contributed by atoms with Crippen LogP contribution in [-0.4, -0.2) is 20.3 Å². The van der Waals surface area contributed by atoms with Gasteiger partial charge in [-0.05, 0) is 18.2 Å². The second kappa shape index (κ2) is 5.10. The van der Waals surface area contributed by atoms with E-state index in [1.165, 1.54) is 0 Å². The number of anilines is 2. The molecule has 0 aliphatic rings. The minimum Gasteiger partial charge on any atom is -0.399 e. The first-order valence-electron chi connectivity index (χ1n) is 4.30. The van der Waals surface area contributed by atoms with E-state index >= 15 is 0 Å². The van der Waals surface area contributed by atoms with Crippen molar-refractivity contribution in [3.05, 3.63) is 23.8 Å². The van der Waals surface area contributed by atoms with Gasteiger partial charge in [-0.2, -0.15) is 5.26 Å². The van der Waals surface area contributed by atoms with Crippen molar-refractivity contribution >= 4 is 11.4 Å². The first kappa shape index (κ1) is 10.4. The Hall–Kier alpha value is -1.73. The Bertz CT molecular complexity index is 344. The molecule has 0 saturated heterocycles. The van der Waals surface area contributed by atoms with Gasteiger partial charge in [0.05, 0.1) is 17.9 Å². The Balaban J connectivity index is 2.72. The van der Waals surface area contributed by atoms with E-state index in [-0.39, 0.29) is 0 Å². The maximum absolute atomic E-state index is 8.82. The van der Waals surface area contributed by atoms with Crippen molar-refractivity contribution < 1.29 is 4.74 Å². The largest absolute Gasteiger partial charge is 0.399 e. The number of benzene rings is 1. The molecule has 0 fully saturated rings. The molecule has 0 heterocycles. The molecular formula is C10H13N3O. The van der Waals surface area contributed by atoms with Crippen molar-refractivity contribution in [2.24, 2.45) is 0 Å². The van der Waals surface area contributed by atoms with Crippen LogP contribution in [0.1, 0.15) is 5.56 Å². The van der Waals surface area contributed by atoms with Crippen molar-refractivity contribution in [1.82, 2.24) is 0 Å². The van der Waals surface area contributed by atoms with Gasteiger partial charge in [0.25, 0.3) is 0 Å². The highest BCUT2D eigenvalue weighted by atomic mass is 16.5. The molecule has 74 valence electrons. The summed E-state index contributed by atoms with van der Waals surface area (Å²) in [5, 5.41) is 11.9. The monoisotopic (exact) mass is 191 g/mol. The van der Waals surface area contributed by atoms with Crippen LogP contribution in [0.5, 0.6) is 0 Å². The summed E-state index contributed by atoms with van der Waals surface area (Å²) in [6.07, 6.45) is 0. The van der Waals surface area contributed by atoms with Gasteiger partial charge in [-0.15, -0.1) is 0 Å². The molecule has 1 rings (SSSR count). The Morgan fingerprint density at radius 3 is 3.00 bits per heavy atom. The van der Waals surface area contributed by atoms with Crippen LogP contribution >= 0.6 is 0 Å². The first-order chi connectivity index (χ1) is 6.77. The summed E-state index contributed by atoms with van der Waals surface area (Å²) in [7, 11) is 1.63. The second-order valence-electron chi connectivity index (χ2n) is 2.84. The quantitative estimate of drug-likeness (QED) is 0.554. The number of hydrogen-bond donors (Lipinski definition) is 2. The van der Waals surface area contributed by atoms with Gasteiger partial charge in [-0.25, -0.2) is 0 Å². The maximum Gasteiger partial charge on any atom is 0.101 e. The number of nitriles is 1. The predicted molar refractivity (Wildman–Crippen MR) is 55.9 cm³/mol. The van der Waals surface area contributed by atoms with Crippen LogP contribution in [0.25, 0.3) is 0 Å². The third-order valence-corrected chi connectivity index (χ3v) is 1.79. The first-order valence-corrected chi connectivity index (χ1v) is 4.30. The Kier molecular flexibility index (Phi) is 3.77. The molecular weight excluding hydrogens is 178 g/mol. The lowest BCUT2D eigenvalue weighted by Crippen LogP contribution is -2.08. The lowest BCUT2D eigenvalue weighted by molar-refractivity contribution is 0.211. The molecule has 4 heteroatoms. The number of nitrogens with two attached hydrogens (primary N) is 1. The summed E-state index contributed by atoms with van der Waals surface area (Å²) < 4.78 is 4.89. The number of ether oxygens (including phenoxy) is 1. The molecule has 1 aromatic rings. The highest BCUT2D eigenvalue weighted by Crippen LogP contribution is 2.17. The summed E-state index contributed by atoms with van der Waals surface area (Å²) >= 11 is 0. The zero-order chi connectivity index (χ0) is 10.4. The van der Waals surface area contributed by atoms with Gasteiger partial charge < -0.3 is 15.8 Å². The van der Waals surface area contributed by atoms with Crippen molar-refractivity contribution in [2.75, 3.05) is 31.3 Å². The Morgan fingerprint density at radius 1 is 1.57 bits per heavy atom. The van der Waals surface area contributed by atoms with Crippen molar-refractivity contribution in [3.8, 4) is 6.07 Å². The number of methoxy groups -OCH3 is 1. The van der Waals surface area contributed by atoms with E-state index < -0.39 is 0 Å². The average molecular weight is 191 g/mol. The molecule has 0 saturated carbocycles. The minimum absolute atomic E-state index is 0.557. The number of nitrogens with zero attached hydrogens (tertiary/aromatic N) is 1.